The Hall–Kier alpha value is -1.84. The highest BCUT2D eigenvalue weighted by atomic mass is 16.3. The lowest BCUT2D eigenvalue weighted by Gasteiger charge is -2.03. The van der Waals surface area contributed by atoms with Crippen molar-refractivity contribution in [1.29, 1.82) is 0 Å². The van der Waals surface area contributed by atoms with Crippen molar-refractivity contribution in [2.45, 2.75) is 19.3 Å². The number of anilines is 1. The van der Waals surface area contributed by atoms with Crippen LogP contribution in [0.25, 0.3) is 11.3 Å². The molecule has 2 N–H and O–H groups in total. The van der Waals surface area contributed by atoms with Gasteiger partial charge in [-0.25, -0.2) is 9.97 Å². The van der Waals surface area contributed by atoms with Gasteiger partial charge in [0.25, 0.3) is 0 Å². The normalized spacial score (nSPS) is 14.1. The van der Waals surface area contributed by atoms with Crippen LogP contribution in [0.15, 0.2) is 22.9 Å². The molecule has 0 radical (unpaired) electrons. The maximum atomic E-state index is 5.61. The van der Waals surface area contributed by atoms with Crippen LogP contribution >= 0.6 is 0 Å². The molecule has 15 heavy (non-hydrogen) atoms. The smallest absolute Gasteiger partial charge is 0.220 e. The summed E-state index contributed by atoms with van der Waals surface area (Å²) in [5.74, 6) is 1.33. The van der Waals surface area contributed by atoms with Crippen LogP contribution in [0.4, 0.5) is 5.95 Å². The Morgan fingerprint density at radius 1 is 1.33 bits per heavy atom. The molecule has 4 nitrogen and oxygen atoms in total. The molecular weight excluding hydrogens is 190 g/mol. The second kappa shape index (κ2) is 3.08. The van der Waals surface area contributed by atoms with Crippen molar-refractivity contribution in [2.75, 3.05) is 5.73 Å². The molecular formula is C11H11N3O. The van der Waals surface area contributed by atoms with Crippen LogP contribution in [0.2, 0.25) is 0 Å². The van der Waals surface area contributed by atoms with Gasteiger partial charge in [0.05, 0.1) is 12.0 Å². The van der Waals surface area contributed by atoms with E-state index in [0.717, 1.165) is 41.8 Å². The maximum Gasteiger partial charge on any atom is 0.220 e. The number of furan rings is 1. The van der Waals surface area contributed by atoms with Crippen LogP contribution in [0.3, 0.4) is 0 Å². The lowest BCUT2D eigenvalue weighted by molar-refractivity contribution is 0.505. The molecule has 0 unspecified atom stereocenters. The summed E-state index contributed by atoms with van der Waals surface area (Å²) in [7, 11) is 0. The van der Waals surface area contributed by atoms with Crippen LogP contribution in [0.1, 0.15) is 17.7 Å². The zero-order valence-corrected chi connectivity index (χ0v) is 8.23. The summed E-state index contributed by atoms with van der Waals surface area (Å²) in [5, 5.41) is 0. The number of aryl methyl sites for hydroxylation is 2. The summed E-state index contributed by atoms with van der Waals surface area (Å²) in [6.45, 7) is 0. The van der Waals surface area contributed by atoms with E-state index in [1.165, 1.54) is 0 Å². The van der Waals surface area contributed by atoms with Crippen molar-refractivity contribution in [2.24, 2.45) is 0 Å². The second-order valence-electron chi connectivity index (χ2n) is 3.71. The Morgan fingerprint density at radius 3 is 3.20 bits per heavy atom. The summed E-state index contributed by atoms with van der Waals surface area (Å²) < 4.78 is 5.43. The highest BCUT2D eigenvalue weighted by molar-refractivity contribution is 5.66. The van der Waals surface area contributed by atoms with Gasteiger partial charge in [-0.05, 0) is 24.5 Å². The first-order valence-electron chi connectivity index (χ1n) is 5.03. The first kappa shape index (κ1) is 8.47. The van der Waals surface area contributed by atoms with Crippen LogP contribution < -0.4 is 5.73 Å². The molecule has 0 fully saturated rings. The molecule has 2 aromatic heterocycles. The Morgan fingerprint density at radius 2 is 2.27 bits per heavy atom. The highest BCUT2D eigenvalue weighted by Gasteiger charge is 2.18. The van der Waals surface area contributed by atoms with Gasteiger partial charge >= 0.3 is 0 Å². The van der Waals surface area contributed by atoms with E-state index in [-0.39, 0.29) is 0 Å². The van der Waals surface area contributed by atoms with Crippen LogP contribution in [-0.4, -0.2) is 9.97 Å². The zero-order chi connectivity index (χ0) is 10.3. The summed E-state index contributed by atoms with van der Waals surface area (Å²) in [5.41, 5.74) is 8.76. The Bertz CT molecular complexity index is 504. The van der Waals surface area contributed by atoms with E-state index in [1.54, 1.807) is 6.26 Å². The molecule has 0 spiro atoms. The van der Waals surface area contributed by atoms with Gasteiger partial charge in [0.2, 0.25) is 5.95 Å². The molecule has 3 rings (SSSR count). The number of hydrogen-bond acceptors (Lipinski definition) is 4. The van der Waals surface area contributed by atoms with Crippen molar-refractivity contribution < 1.29 is 4.42 Å². The number of fused-ring (bicyclic) bond motifs is 3. The number of nitrogens with zero attached hydrogens (tertiary/aromatic N) is 2. The second-order valence-corrected chi connectivity index (χ2v) is 3.71. The van der Waals surface area contributed by atoms with Crippen LogP contribution in [0.5, 0.6) is 0 Å². The topological polar surface area (TPSA) is 64.9 Å². The number of nitrogen functional groups attached to an aromatic ring is 1. The average molecular weight is 201 g/mol. The number of rotatable bonds is 0. The summed E-state index contributed by atoms with van der Waals surface area (Å²) >= 11 is 0. The summed E-state index contributed by atoms with van der Waals surface area (Å²) in [4.78, 5) is 8.32. The van der Waals surface area contributed by atoms with E-state index in [0.29, 0.717) is 5.95 Å². The van der Waals surface area contributed by atoms with E-state index >= 15 is 0 Å². The Kier molecular flexibility index (Phi) is 1.74. The fourth-order valence-electron chi connectivity index (χ4n) is 2.02. The summed E-state index contributed by atoms with van der Waals surface area (Å²) in [6, 6.07) is 1.95. The molecule has 0 saturated carbocycles. The third-order valence-corrected chi connectivity index (χ3v) is 2.73. The molecule has 2 aromatic rings. The molecule has 0 aliphatic heterocycles. The average Bonchev–Trinajstić information content (AvgIpc) is 2.62. The summed E-state index contributed by atoms with van der Waals surface area (Å²) in [6.07, 6.45) is 6.54. The third kappa shape index (κ3) is 1.29. The minimum absolute atomic E-state index is 0.322. The minimum atomic E-state index is 0.322. The molecule has 4 heteroatoms. The standard InChI is InChI=1S/C11H11N3O/c12-11-13-6-7-2-1-3-9-8(4-5-15-9)10(7)14-11/h4-6H,1-3H2,(H2,12,13,14). The lowest BCUT2D eigenvalue weighted by atomic mass is 10.1. The lowest BCUT2D eigenvalue weighted by Crippen LogP contribution is -1.99. The molecule has 0 atom stereocenters. The van der Waals surface area contributed by atoms with E-state index < -0.39 is 0 Å². The van der Waals surface area contributed by atoms with Crippen molar-refractivity contribution in [1.82, 2.24) is 9.97 Å². The van der Waals surface area contributed by atoms with E-state index in [2.05, 4.69) is 9.97 Å². The number of aromatic nitrogens is 2. The van der Waals surface area contributed by atoms with Gasteiger partial charge in [-0.3, -0.25) is 0 Å². The predicted molar refractivity (Wildman–Crippen MR) is 56.2 cm³/mol. The molecule has 0 amide bonds. The first-order valence-corrected chi connectivity index (χ1v) is 5.03. The van der Waals surface area contributed by atoms with E-state index in [9.17, 15) is 0 Å². The van der Waals surface area contributed by atoms with Gasteiger partial charge in [0.1, 0.15) is 5.76 Å². The first-order chi connectivity index (χ1) is 7.34. The van der Waals surface area contributed by atoms with Crippen molar-refractivity contribution in [3.63, 3.8) is 0 Å². The molecule has 0 aromatic carbocycles. The van der Waals surface area contributed by atoms with Gasteiger partial charge in [-0.1, -0.05) is 0 Å². The quantitative estimate of drug-likeness (QED) is 0.706. The molecule has 0 bridgehead atoms. The fourth-order valence-corrected chi connectivity index (χ4v) is 2.02. The molecule has 1 aliphatic rings. The molecule has 1 aliphatic carbocycles. The molecule has 2 heterocycles. The van der Waals surface area contributed by atoms with Crippen LogP contribution in [-0.2, 0) is 12.8 Å². The van der Waals surface area contributed by atoms with Gasteiger partial charge < -0.3 is 10.2 Å². The van der Waals surface area contributed by atoms with Crippen LogP contribution in [0, 0.1) is 0 Å². The Balaban J connectivity index is 2.27. The highest BCUT2D eigenvalue weighted by Crippen LogP contribution is 2.31. The molecule has 76 valence electrons. The third-order valence-electron chi connectivity index (χ3n) is 2.73. The molecule has 0 saturated heterocycles. The Labute approximate surface area is 87.2 Å². The maximum absolute atomic E-state index is 5.61. The number of hydrogen-bond donors (Lipinski definition) is 1. The van der Waals surface area contributed by atoms with E-state index in [1.807, 2.05) is 12.3 Å². The van der Waals surface area contributed by atoms with Gasteiger partial charge in [-0.2, -0.15) is 0 Å². The van der Waals surface area contributed by atoms with Gasteiger partial charge in [0, 0.05) is 18.2 Å². The van der Waals surface area contributed by atoms with Gasteiger partial charge in [0.15, 0.2) is 0 Å². The largest absolute Gasteiger partial charge is 0.469 e. The SMILES string of the molecule is Nc1ncc2c(n1)-c1ccoc1CCC2. The van der Waals surface area contributed by atoms with Gasteiger partial charge in [-0.15, -0.1) is 0 Å². The van der Waals surface area contributed by atoms with Crippen molar-refractivity contribution in [3.8, 4) is 11.3 Å². The van der Waals surface area contributed by atoms with Crippen molar-refractivity contribution in [3.05, 3.63) is 29.9 Å². The number of nitrogens with two attached hydrogens (primary N) is 1. The predicted octanol–water partition coefficient (Wildman–Crippen LogP) is 1.81. The zero-order valence-electron chi connectivity index (χ0n) is 8.23. The fraction of sp³-hybridized carbons (Fsp3) is 0.273. The monoisotopic (exact) mass is 201 g/mol. The van der Waals surface area contributed by atoms with Crippen molar-refractivity contribution >= 4 is 5.95 Å². The van der Waals surface area contributed by atoms with E-state index in [4.69, 9.17) is 10.2 Å². The minimum Gasteiger partial charge on any atom is -0.469 e.